The molecule has 8 nitrogen and oxygen atoms in total. The number of rotatable bonds is 6. The van der Waals surface area contributed by atoms with Gasteiger partial charge in [-0.05, 0) is 79.7 Å². The first-order valence-corrected chi connectivity index (χ1v) is 11.1. The maximum absolute atomic E-state index is 11.7. The molecule has 168 valence electrons. The lowest BCUT2D eigenvalue weighted by molar-refractivity contribution is 0.0173. The molecule has 2 saturated heterocycles. The summed E-state index contributed by atoms with van der Waals surface area (Å²) in [6.07, 6.45) is 5.95. The Morgan fingerprint density at radius 2 is 1.62 bits per heavy atom. The predicted octanol–water partition coefficient (Wildman–Crippen LogP) is 1.63. The van der Waals surface area contributed by atoms with Gasteiger partial charge >= 0.3 is 6.09 Å². The summed E-state index contributed by atoms with van der Waals surface area (Å²) in [6.45, 7) is 12.3. The number of hydrogen-bond acceptors (Lipinski definition) is 5. The number of ether oxygens (including phenoxy) is 1. The van der Waals surface area contributed by atoms with Crippen molar-refractivity contribution in [3.8, 4) is 0 Å². The normalized spacial score (nSPS) is 21.5. The van der Waals surface area contributed by atoms with E-state index in [0.29, 0.717) is 13.1 Å². The molecule has 3 N–H and O–H groups in total. The van der Waals surface area contributed by atoms with Crippen LogP contribution in [0.4, 0.5) is 4.79 Å². The molecule has 8 heteroatoms. The van der Waals surface area contributed by atoms with Gasteiger partial charge in [0, 0.05) is 32.2 Å². The van der Waals surface area contributed by atoms with Gasteiger partial charge in [0.15, 0.2) is 5.96 Å². The van der Waals surface area contributed by atoms with Gasteiger partial charge in [-0.1, -0.05) is 6.42 Å². The van der Waals surface area contributed by atoms with Crippen LogP contribution < -0.4 is 16.0 Å². The molecular formula is C21H42N6O2. The fourth-order valence-corrected chi connectivity index (χ4v) is 4.14. The number of aliphatic imine (C=N–C) groups is 1. The number of alkyl carbamates (subject to hydrolysis) is 1. The highest BCUT2D eigenvalue weighted by Gasteiger charge is 2.39. The Morgan fingerprint density at radius 3 is 2.21 bits per heavy atom. The first-order chi connectivity index (χ1) is 13.7. The molecule has 2 aliphatic rings. The molecule has 2 fully saturated rings. The summed E-state index contributed by atoms with van der Waals surface area (Å²) in [5, 5.41) is 9.62. The predicted molar refractivity (Wildman–Crippen MR) is 118 cm³/mol. The molecule has 0 spiro atoms. The van der Waals surface area contributed by atoms with Gasteiger partial charge in [0.05, 0.1) is 0 Å². The van der Waals surface area contributed by atoms with Crippen molar-refractivity contribution in [2.45, 2.75) is 64.0 Å². The number of piperidine rings is 2. The zero-order chi connectivity index (χ0) is 21.3. The van der Waals surface area contributed by atoms with E-state index in [4.69, 9.17) is 4.74 Å². The third-order valence-corrected chi connectivity index (χ3v) is 5.84. The Bertz CT molecular complexity index is 532. The number of amides is 1. The smallest absolute Gasteiger partial charge is 0.407 e. The van der Waals surface area contributed by atoms with Crippen molar-refractivity contribution in [1.82, 2.24) is 25.8 Å². The molecule has 29 heavy (non-hydrogen) atoms. The van der Waals surface area contributed by atoms with Crippen molar-refractivity contribution in [2.24, 2.45) is 4.99 Å². The highest BCUT2D eigenvalue weighted by molar-refractivity contribution is 5.79. The molecule has 0 radical (unpaired) electrons. The Balaban J connectivity index is 1.80. The molecule has 2 heterocycles. The monoisotopic (exact) mass is 410 g/mol. The average molecular weight is 411 g/mol. The van der Waals surface area contributed by atoms with Crippen LogP contribution in [0.2, 0.25) is 0 Å². The van der Waals surface area contributed by atoms with Crippen molar-refractivity contribution in [2.75, 3.05) is 59.9 Å². The molecule has 0 aromatic rings. The molecule has 0 atom stereocenters. The maximum Gasteiger partial charge on any atom is 0.407 e. The largest absolute Gasteiger partial charge is 0.444 e. The zero-order valence-electron chi connectivity index (χ0n) is 19.1. The van der Waals surface area contributed by atoms with Crippen LogP contribution in [0.1, 0.15) is 52.9 Å². The maximum atomic E-state index is 11.7. The lowest BCUT2D eigenvalue weighted by atomic mass is 9.84. The second kappa shape index (κ2) is 11.0. The van der Waals surface area contributed by atoms with E-state index >= 15 is 0 Å². The fourth-order valence-electron chi connectivity index (χ4n) is 4.14. The minimum Gasteiger partial charge on any atom is -0.444 e. The average Bonchev–Trinajstić information content (AvgIpc) is 2.68. The molecule has 0 saturated carbocycles. The quantitative estimate of drug-likeness (QED) is 0.351. The zero-order valence-corrected chi connectivity index (χ0v) is 19.1. The van der Waals surface area contributed by atoms with E-state index in [-0.39, 0.29) is 5.54 Å². The van der Waals surface area contributed by atoms with Crippen LogP contribution in [-0.4, -0.2) is 92.9 Å². The summed E-state index contributed by atoms with van der Waals surface area (Å²) >= 11 is 0. The number of nitrogens with one attached hydrogen (secondary N) is 3. The third-order valence-electron chi connectivity index (χ3n) is 5.84. The van der Waals surface area contributed by atoms with Crippen molar-refractivity contribution in [3.05, 3.63) is 0 Å². The molecular weight excluding hydrogens is 368 g/mol. The molecule has 0 aliphatic carbocycles. The number of hydrogen-bond donors (Lipinski definition) is 3. The van der Waals surface area contributed by atoms with Crippen LogP contribution in [0, 0.1) is 0 Å². The first-order valence-electron chi connectivity index (χ1n) is 11.1. The van der Waals surface area contributed by atoms with Gasteiger partial charge in [0.2, 0.25) is 0 Å². The Morgan fingerprint density at radius 1 is 1.00 bits per heavy atom. The molecule has 0 unspecified atom stereocenters. The van der Waals surface area contributed by atoms with Gasteiger partial charge in [0.25, 0.3) is 0 Å². The summed E-state index contributed by atoms with van der Waals surface area (Å²) < 4.78 is 5.25. The molecule has 0 bridgehead atoms. The molecule has 2 aliphatic heterocycles. The number of likely N-dealkylation sites (tertiary alicyclic amines) is 2. The lowest BCUT2D eigenvalue weighted by Gasteiger charge is -2.50. The highest BCUT2D eigenvalue weighted by Crippen LogP contribution is 2.30. The minimum atomic E-state index is -0.480. The highest BCUT2D eigenvalue weighted by atomic mass is 16.6. The second-order valence-corrected chi connectivity index (χ2v) is 9.36. The summed E-state index contributed by atoms with van der Waals surface area (Å²) in [5.74, 6) is 0.784. The Labute approximate surface area is 176 Å². The van der Waals surface area contributed by atoms with Crippen LogP contribution in [0.25, 0.3) is 0 Å². The number of guanidine groups is 1. The van der Waals surface area contributed by atoms with Gasteiger partial charge in [0.1, 0.15) is 5.60 Å². The van der Waals surface area contributed by atoms with E-state index in [2.05, 4.69) is 37.8 Å². The van der Waals surface area contributed by atoms with Crippen LogP contribution in [0.15, 0.2) is 4.99 Å². The van der Waals surface area contributed by atoms with Crippen molar-refractivity contribution < 1.29 is 9.53 Å². The van der Waals surface area contributed by atoms with E-state index in [0.717, 1.165) is 25.6 Å². The first kappa shape index (κ1) is 23.7. The van der Waals surface area contributed by atoms with Crippen molar-refractivity contribution >= 4 is 12.1 Å². The number of carbonyl (C=O) groups is 1. The van der Waals surface area contributed by atoms with E-state index in [1.807, 2.05) is 20.8 Å². The van der Waals surface area contributed by atoms with Crippen molar-refractivity contribution in [3.63, 3.8) is 0 Å². The van der Waals surface area contributed by atoms with Crippen LogP contribution in [-0.2, 0) is 4.74 Å². The summed E-state index contributed by atoms with van der Waals surface area (Å²) in [6, 6.07) is 0. The fraction of sp³-hybridized carbons (Fsp3) is 0.905. The van der Waals surface area contributed by atoms with E-state index in [9.17, 15) is 4.79 Å². The lowest BCUT2D eigenvalue weighted by Crippen LogP contribution is -2.62. The Kier molecular flexibility index (Phi) is 9.02. The topological polar surface area (TPSA) is 81.2 Å². The SMILES string of the molecule is CN=C(NCCNC(=O)OC(C)(C)C)NCC1(N2CCCCC2)CCN(C)CC1. The van der Waals surface area contributed by atoms with Crippen LogP contribution in [0.5, 0.6) is 0 Å². The minimum absolute atomic E-state index is 0.208. The summed E-state index contributed by atoms with van der Waals surface area (Å²) in [7, 11) is 4.00. The number of nitrogens with zero attached hydrogens (tertiary/aromatic N) is 3. The van der Waals surface area contributed by atoms with Crippen LogP contribution in [0.3, 0.4) is 0 Å². The summed E-state index contributed by atoms with van der Waals surface area (Å²) in [4.78, 5) is 21.2. The molecule has 2 rings (SSSR count). The van der Waals surface area contributed by atoms with E-state index in [1.165, 1.54) is 45.2 Å². The molecule has 0 aromatic carbocycles. The third kappa shape index (κ3) is 8.01. The van der Waals surface area contributed by atoms with Gasteiger partial charge in [-0.25, -0.2) is 4.79 Å². The Hall–Kier alpha value is -1.54. The van der Waals surface area contributed by atoms with Gasteiger partial charge in [-0.3, -0.25) is 9.89 Å². The van der Waals surface area contributed by atoms with Gasteiger partial charge < -0.3 is 25.6 Å². The van der Waals surface area contributed by atoms with E-state index < -0.39 is 11.7 Å². The van der Waals surface area contributed by atoms with E-state index in [1.54, 1.807) is 7.05 Å². The molecule has 0 aromatic heterocycles. The molecule has 1 amide bonds. The van der Waals surface area contributed by atoms with Crippen LogP contribution >= 0.6 is 0 Å². The number of carbonyl (C=O) groups excluding carboxylic acids is 1. The van der Waals surface area contributed by atoms with Gasteiger partial charge in [-0.15, -0.1) is 0 Å². The standard InChI is InChI=1S/C21H42N6O2/c1-20(2,3)29-19(28)24-12-11-23-18(22-4)25-17-21(9-15-26(5)16-10-21)27-13-7-6-8-14-27/h6-17H2,1-5H3,(H,24,28)(H2,22,23,25). The van der Waals surface area contributed by atoms with Crippen molar-refractivity contribution in [1.29, 1.82) is 0 Å². The summed E-state index contributed by atoms with van der Waals surface area (Å²) in [5.41, 5.74) is -0.273. The van der Waals surface area contributed by atoms with Gasteiger partial charge in [-0.2, -0.15) is 0 Å². The second-order valence-electron chi connectivity index (χ2n) is 9.36.